The number of phenols is 1. The Morgan fingerprint density at radius 2 is 2.11 bits per heavy atom. The molecule has 4 nitrogen and oxygen atoms in total. The molecule has 0 aliphatic rings. The second-order valence-corrected chi connectivity index (χ2v) is 4.84. The summed E-state index contributed by atoms with van der Waals surface area (Å²) in [6.07, 6.45) is 0.588. The van der Waals surface area contributed by atoms with E-state index in [0.717, 1.165) is 5.56 Å². The fraction of sp³-hybridized carbons (Fsp3) is 0.500. The van der Waals surface area contributed by atoms with Crippen LogP contribution in [0.25, 0.3) is 0 Å². The summed E-state index contributed by atoms with van der Waals surface area (Å²) < 4.78 is 0. The van der Waals surface area contributed by atoms with Crippen molar-refractivity contribution in [1.29, 1.82) is 0 Å². The molecule has 4 heteroatoms. The van der Waals surface area contributed by atoms with E-state index in [1.54, 1.807) is 31.2 Å². The Balaban J connectivity index is 2.34. The van der Waals surface area contributed by atoms with Crippen molar-refractivity contribution in [2.45, 2.75) is 32.8 Å². The zero-order valence-electron chi connectivity index (χ0n) is 10.9. The molecule has 18 heavy (non-hydrogen) atoms. The lowest BCUT2D eigenvalue weighted by atomic mass is 10.0. The topological polar surface area (TPSA) is 69.6 Å². The van der Waals surface area contributed by atoms with E-state index in [2.05, 4.69) is 5.32 Å². The monoisotopic (exact) mass is 251 g/mol. The second-order valence-electron chi connectivity index (χ2n) is 4.84. The molecule has 0 aliphatic heterocycles. The molecule has 1 aromatic rings. The Hall–Kier alpha value is -1.55. The molecule has 0 saturated carbocycles. The van der Waals surface area contributed by atoms with Gasteiger partial charge in [0.25, 0.3) is 0 Å². The van der Waals surface area contributed by atoms with E-state index in [0.29, 0.717) is 13.0 Å². The van der Waals surface area contributed by atoms with Crippen LogP contribution in [0.4, 0.5) is 0 Å². The van der Waals surface area contributed by atoms with Crippen molar-refractivity contribution < 1.29 is 15.0 Å². The first-order valence-corrected chi connectivity index (χ1v) is 6.20. The van der Waals surface area contributed by atoms with Gasteiger partial charge in [-0.1, -0.05) is 19.1 Å². The van der Waals surface area contributed by atoms with Gasteiger partial charge in [0.05, 0.1) is 12.5 Å². The number of hydrogen-bond acceptors (Lipinski definition) is 3. The van der Waals surface area contributed by atoms with Crippen LogP contribution >= 0.6 is 0 Å². The van der Waals surface area contributed by atoms with E-state index in [1.807, 2.05) is 6.92 Å². The minimum atomic E-state index is -0.344. The summed E-state index contributed by atoms with van der Waals surface area (Å²) in [5.41, 5.74) is 0.788. The third-order valence-electron chi connectivity index (χ3n) is 2.67. The number of carbonyl (C=O) groups is 1. The molecule has 100 valence electrons. The average Bonchev–Trinajstić information content (AvgIpc) is 2.25. The van der Waals surface area contributed by atoms with Crippen LogP contribution in [0.2, 0.25) is 0 Å². The maximum Gasteiger partial charge on any atom is 0.224 e. The number of carbonyl (C=O) groups excluding carboxylic acids is 1. The number of rotatable bonds is 6. The Labute approximate surface area is 108 Å². The Kier molecular flexibility index (Phi) is 5.65. The van der Waals surface area contributed by atoms with Crippen LogP contribution in [-0.4, -0.2) is 28.8 Å². The molecule has 0 aromatic heterocycles. The Morgan fingerprint density at radius 1 is 1.39 bits per heavy atom. The van der Waals surface area contributed by atoms with Gasteiger partial charge >= 0.3 is 0 Å². The standard InChI is InChI=1S/C14H21NO3/c1-10(6-11(2)16)9-15-14(18)8-12-4-3-5-13(17)7-12/h3-5,7,10-11,16-17H,6,8-9H2,1-2H3,(H,15,18). The van der Waals surface area contributed by atoms with Crippen molar-refractivity contribution in [1.82, 2.24) is 5.32 Å². The van der Waals surface area contributed by atoms with Gasteiger partial charge in [-0.3, -0.25) is 4.79 Å². The quantitative estimate of drug-likeness (QED) is 0.717. The van der Waals surface area contributed by atoms with Crippen molar-refractivity contribution in [3.8, 4) is 5.75 Å². The third-order valence-corrected chi connectivity index (χ3v) is 2.67. The maximum atomic E-state index is 11.7. The highest BCUT2D eigenvalue weighted by Crippen LogP contribution is 2.11. The molecule has 0 saturated heterocycles. The summed E-state index contributed by atoms with van der Waals surface area (Å²) in [6, 6.07) is 6.68. The first-order valence-electron chi connectivity index (χ1n) is 6.20. The van der Waals surface area contributed by atoms with E-state index in [1.165, 1.54) is 0 Å². The predicted octanol–water partition coefficient (Wildman–Crippen LogP) is 1.46. The zero-order chi connectivity index (χ0) is 13.5. The number of aliphatic hydroxyl groups is 1. The van der Waals surface area contributed by atoms with Crippen molar-refractivity contribution in [2.24, 2.45) is 5.92 Å². The van der Waals surface area contributed by atoms with E-state index >= 15 is 0 Å². The summed E-state index contributed by atoms with van der Waals surface area (Å²) in [6.45, 7) is 4.29. The molecule has 3 N–H and O–H groups in total. The fourth-order valence-electron chi connectivity index (χ4n) is 1.87. The van der Waals surface area contributed by atoms with Gasteiger partial charge in [0.1, 0.15) is 5.75 Å². The molecule has 0 radical (unpaired) electrons. The van der Waals surface area contributed by atoms with Gasteiger partial charge < -0.3 is 15.5 Å². The Bertz CT molecular complexity index is 390. The molecule has 0 aliphatic carbocycles. The van der Waals surface area contributed by atoms with Gasteiger partial charge in [0.2, 0.25) is 5.91 Å². The average molecular weight is 251 g/mol. The summed E-state index contributed by atoms with van der Waals surface area (Å²) >= 11 is 0. The highest BCUT2D eigenvalue weighted by molar-refractivity contribution is 5.78. The first kappa shape index (κ1) is 14.5. The molecule has 0 spiro atoms. The second kappa shape index (κ2) is 7.01. The van der Waals surface area contributed by atoms with Crippen molar-refractivity contribution in [2.75, 3.05) is 6.54 Å². The number of aromatic hydroxyl groups is 1. The molecule has 2 atom stereocenters. The third kappa shape index (κ3) is 5.68. The highest BCUT2D eigenvalue weighted by atomic mass is 16.3. The minimum Gasteiger partial charge on any atom is -0.508 e. The van der Waals surface area contributed by atoms with Crippen LogP contribution in [0.1, 0.15) is 25.8 Å². The van der Waals surface area contributed by atoms with Gasteiger partial charge in [-0.25, -0.2) is 0 Å². The SMILES string of the molecule is CC(O)CC(C)CNC(=O)Cc1cccc(O)c1. The van der Waals surface area contributed by atoms with Crippen LogP contribution in [0, 0.1) is 5.92 Å². The lowest BCUT2D eigenvalue weighted by Crippen LogP contribution is -2.30. The summed E-state index contributed by atoms with van der Waals surface area (Å²) in [7, 11) is 0. The Morgan fingerprint density at radius 3 is 2.72 bits per heavy atom. The molecule has 0 heterocycles. The van der Waals surface area contributed by atoms with Gasteiger partial charge in [-0.2, -0.15) is 0 Å². The van der Waals surface area contributed by atoms with Crippen LogP contribution in [0.3, 0.4) is 0 Å². The van der Waals surface area contributed by atoms with Crippen LogP contribution in [0.5, 0.6) is 5.75 Å². The van der Waals surface area contributed by atoms with Gasteiger partial charge in [0, 0.05) is 6.54 Å². The zero-order valence-corrected chi connectivity index (χ0v) is 10.9. The van der Waals surface area contributed by atoms with Crippen LogP contribution in [0.15, 0.2) is 24.3 Å². The molecule has 0 fully saturated rings. The van der Waals surface area contributed by atoms with Gasteiger partial charge in [-0.05, 0) is 37.0 Å². The molecule has 1 aromatic carbocycles. The van der Waals surface area contributed by atoms with Crippen LogP contribution < -0.4 is 5.32 Å². The number of aliphatic hydroxyl groups excluding tert-OH is 1. The largest absolute Gasteiger partial charge is 0.508 e. The number of amides is 1. The highest BCUT2D eigenvalue weighted by Gasteiger charge is 2.09. The summed E-state index contributed by atoms with van der Waals surface area (Å²) in [4.78, 5) is 11.7. The minimum absolute atomic E-state index is 0.0713. The molecule has 1 amide bonds. The molecule has 2 unspecified atom stereocenters. The van der Waals surface area contributed by atoms with Gasteiger partial charge in [-0.15, -0.1) is 0 Å². The smallest absolute Gasteiger partial charge is 0.224 e. The number of phenolic OH excluding ortho intramolecular Hbond substituents is 1. The summed E-state index contributed by atoms with van der Waals surface area (Å²) in [5, 5.41) is 21.3. The molecule has 1 rings (SSSR count). The maximum absolute atomic E-state index is 11.7. The fourth-order valence-corrected chi connectivity index (χ4v) is 1.87. The molecule has 0 bridgehead atoms. The van der Waals surface area contributed by atoms with Crippen molar-refractivity contribution in [3.05, 3.63) is 29.8 Å². The van der Waals surface area contributed by atoms with Crippen molar-refractivity contribution in [3.63, 3.8) is 0 Å². The number of nitrogens with one attached hydrogen (secondary N) is 1. The lowest BCUT2D eigenvalue weighted by Gasteiger charge is -2.14. The van der Waals surface area contributed by atoms with Crippen molar-refractivity contribution >= 4 is 5.91 Å². The summed E-state index contributed by atoms with van der Waals surface area (Å²) in [5.74, 6) is 0.346. The van der Waals surface area contributed by atoms with E-state index in [-0.39, 0.29) is 30.1 Å². The van der Waals surface area contributed by atoms with E-state index in [4.69, 9.17) is 0 Å². The molecular formula is C14H21NO3. The number of hydrogen-bond donors (Lipinski definition) is 3. The first-order chi connectivity index (χ1) is 8.47. The van der Waals surface area contributed by atoms with Crippen LogP contribution in [-0.2, 0) is 11.2 Å². The van der Waals surface area contributed by atoms with E-state index < -0.39 is 0 Å². The molecular weight excluding hydrogens is 230 g/mol. The predicted molar refractivity (Wildman–Crippen MR) is 70.3 cm³/mol. The number of benzene rings is 1. The van der Waals surface area contributed by atoms with Gasteiger partial charge in [0.15, 0.2) is 0 Å². The normalized spacial score (nSPS) is 13.9. The lowest BCUT2D eigenvalue weighted by molar-refractivity contribution is -0.120. The van der Waals surface area contributed by atoms with E-state index in [9.17, 15) is 15.0 Å².